The SMILES string of the molecule is CCC(=O)C(CCCCCCOc1c(Cl)cccc1Cl)C(=O)CC. The van der Waals surface area contributed by atoms with E-state index in [0.29, 0.717) is 41.7 Å². The standard InChI is InChI=1S/C19H26Cl2O3/c1-3-17(22)14(18(23)4-2)10-7-5-6-8-13-24-19-15(20)11-9-12-16(19)21/h9,11-12,14H,3-8,10,13H2,1-2H3. The number of benzene rings is 1. The van der Waals surface area contributed by atoms with Crippen LogP contribution in [0.15, 0.2) is 18.2 Å². The van der Waals surface area contributed by atoms with E-state index in [1.165, 1.54) is 0 Å². The second-order valence-electron chi connectivity index (χ2n) is 5.79. The molecule has 0 N–H and O–H groups in total. The fourth-order valence-electron chi connectivity index (χ4n) is 2.59. The first kappa shape index (κ1) is 21.0. The predicted octanol–water partition coefficient (Wildman–Crippen LogP) is 5.90. The highest BCUT2D eigenvalue weighted by Crippen LogP contribution is 2.32. The zero-order chi connectivity index (χ0) is 17.9. The molecule has 1 rings (SSSR count). The number of carbonyl (C=O) groups excluding carboxylic acids is 2. The van der Waals surface area contributed by atoms with Gasteiger partial charge in [0.1, 0.15) is 11.6 Å². The van der Waals surface area contributed by atoms with Crippen molar-refractivity contribution in [1.29, 1.82) is 0 Å². The second-order valence-corrected chi connectivity index (χ2v) is 6.61. The monoisotopic (exact) mass is 372 g/mol. The van der Waals surface area contributed by atoms with Gasteiger partial charge in [-0.25, -0.2) is 0 Å². The highest BCUT2D eigenvalue weighted by molar-refractivity contribution is 6.37. The van der Waals surface area contributed by atoms with Crippen LogP contribution in [0, 0.1) is 5.92 Å². The Labute approximate surface area is 154 Å². The van der Waals surface area contributed by atoms with Gasteiger partial charge in [0.25, 0.3) is 0 Å². The number of ketones is 2. The summed E-state index contributed by atoms with van der Waals surface area (Å²) in [6, 6.07) is 5.28. The maximum atomic E-state index is 11.8. The zero-order valence-electron chi connectivity index (χ0n) is 14.4. The average molecular weight is 373 g/mol. The summed E-state index contributed by atoms with van der Waals surface area (Å²) in [6.45, 7) is 4.18. The fraction of sp³-hybridized carbons (Fsp3) is 0.579. The van der Waals surface area contributed by atoms with Crippen LogP contribution < -0.4 is 4.74 Å². The largest absolute Gasteiger partial charge is 0.490 e. The Morgan fingerprint density at radius 2 is 1.50 bits per heavy atom. The van der Waals surface area contributed by atoms with E-state index in [1.54, 1.807) is 18.2 Å². The molecular weight excluding hydrogens is 347 g/mol. The molecular formula is C19H26Cl2O3. The smallest absolute Gasteiger partial charge is 0.156 e. The quantitative estimate of drug-likeness (QED) is 0.339. The first-order valence-corrected chi connectivity index (χ1v) is 9.39. The summed E-state index contributed by atoms with van der Waals surface area (Å²) in [7, 11) is 0. The van der Waals surface area contributed by atoms with E-state index in [-0.39, 0.29) is 11.6 Å². The van der Waals surface area contributed by atoms with Crippen LogP contribution in [0.1, 0.15) is 58.8 Å². The Morgan fingerprint density at radius 3 is 2.04 bits per heavy atom. The number of halogens is 2. The second kappa shape index (κ2) is 11.5. The van der Waals surface area contributed by atoms with Crippen LogP contribution in [0.4, 0.5) is 0 Å². The molecule has 0 unspecified atom stereocenters. The minimum atomic E-state index is -0.404. The van der Waals surface area contributed by atoms with Crippen molar-refractivity contribution in [3.63, 3.8) is 0 Å². The van der Waals surface area contributed by atoms with Crippen LogP contribution in [-0.2, 0) is 9.59 Å². The maximum absolute atomic E-state index is 11.8. The van der Waals surface area contributed by atoms with Gasteiger partial charge in [-0.2, -0.15) is 0 Å². The van der Waals surface area contributed by atoms with Crippen molar-refractivity contribution in [3.05, 3.63) is 28.2 Å². The van der Waals surface area contributed by atoms with Crippen molar-refractivity contribution < 1.29 is 14.3 Å². The molecule has 0 amide bonds. The molecule has 0 fully saturated rings. The Hall–Kier alpha value is -1.06. The molecule has 3 nitrogen and oxygen atoms in total. The van der Waals surface area contributed by atoms with Crippen molar-refractivity contribution in [2.24, 2.45) is 5.92 Å². The van der Waals surface area contributed by atoms with Gasteiger partial charge in [-0.1, -0.05) is 62.4 Å². The number of carbonyl (C=O) groups is 2. The van der Waals surface area contributed by atoms with Gasteiger partial charge >= 0.3 is 0 Å². The highest BCUT2D eigenvalue weighted by atomic mass is 35.5. The molecule has 1 aromatic rings. The molecule has 0 aliphatic heterocycles. The number of para-hydroxylation sites is 1. The lowest BCUT2D eigenvalue weighted by Gasteiger charge is -2.13. The summed E-state index contributed by atoms with van der Waals surface area (Å²) < 4.78 is 5.63. The van der Waals surface area contributed by atoms with E-state index < -0.39 is 5.92 Å². The van der Waals surface area contributed by atoms with E-state index in [0.717, 1.165) is 25.7 Å². The maximum Gasteiger partial charge on any atom is 0.156 e. The average Bonchev–Trinajstić information content (AvgIpc) is 2.58. The Morgan fingerprint density at radius 1 is 0.958 bits per heavy atom. The molecule has 134 valence electrons. The third kappa shape index (κ3) is 6.82. The predicted molar refractivity (Wildman–Crippen MR) is 99.1 cm³/mol. The van der Waals surface area contributed by atoms with Gasteiger partial charge in [-0.3, -0.25) is 9.59 Å². The lowest BCUT2D eigenvalue weighted by Crippen LogP contribution is -2.22. The summed E-state index contributed by atoms with van der Waals surface area (Å²) in [4.78, 5) is 23.7. The van der Waals surface area contributed by atoms with Gasteiger partial charge in [0.05, 0.1) is 22.6 Å². The first-order valence-electron chi connectivity index (χ1n) is 8.63. The molecule has 0 radical (unpaired) electrons. The lowest BCUT2D eigenvalue weighted by molar-refractivity contribution is -0.132. The molecule has 0 aliphatic carbocycles. The van der Waals surface area contributed by atoms with Crippen molar-refractivity contribution >= 4 is 34.8 Å². The molecule has 0 saturated heterocycles. The zero-order valence-corrected chi connectivity index (χ0v) is 16.0. The third-order valence-electron chi connectivity index (χ3n) is 4.03. The lowest BCUT2D eigenvalue weighted by atomic mass is 9.90. The minimum Gasteiger partial charge on any atom is -0.490 e. The summed E-state index contributed by atoms with van der Waals surface area (Å²) in [5.74, 6) is 0.262. The number of hydrogen-bond acceptors (Lipinski definition) is 3. The Balaban J connectivity index is 2.24. The molecule has 24 heavy (non-hydrogen) atoms. The summed E-state index contributed by atoms with van der Waals surface area (Å²) in [5.41, 5.74) is 0. The molecule has 0 spiro atoms. The Kier molecular flexibility index (Phi) is 10.0. The minimum absolute atomic E-state index is 0.0681. The van der Waals surface area contributed by atoms with Crippen LogP contribution >= 0.6 is 23.2 Å². The Bertz CT molecular complexity index is 507. The fourth-order valence-corrected chi connectivity index (χ4v) is 3.10. The molecule has 0 aliphatic rings. The number of ether oxygens (including phenoxy) is 1. The van der Waals surface area contributed by atoms with Gasteiger partial charge in [0.2, 0.25) is 0 Å². The van der Waals surface area contributed by atoms with E-state index in [2.05, 4.69) is 0 Å². The van der Waals surface area contributed by atoms with Gasteiger partial charge in [-0.05, 0) is 25.0 Å². The van der Waals surface area contributed by atoms with Gasteiger partial charge in [0.15, 0.2) is 5.75 Å². The van der Waals surface area contributed by atoms with Crippen LogP contribution in [0.5, 0.6) is 5.75 Å². The van der Waals surface area contributed by atoms with Crippen LogP contribution in [0.25, 0.3) is 0 Å². The van der Waals surface area contributed by atoms with Crippen molar-refractivity contribution in [2.75, 3.05) is 6.61 Å². The van der Waals surface area contributed by atoms with Gasteiger partial charge < -0.3 is 4.74 Å². The van der Waals surface area contributed by atoms with Crippen molar-refractivity contribution in [1.82, 2.24) is 0 Å². The molecule has 0 bridgehead atoms. The van der Waals surface area contributed by atoms with E-state index >= 15 is 0 Å². The van der Waals surface area contributed by atoms with Crippen molar-refractivity contribution in [3.8, 4) is 5.75 Å². The summed E-state index contributed by atoms with van der Waals surface area (Å²) >= 11 is 12.1. The number of Topliss-reactive ketones (excluding diaryl/α,β-unsaturated/α-hetero) is 2. The molecule has 0 atom stereocenters. The first-order chi connectivity index (χ1) is 11.5. The number of hydrogen-bond donors (Lipinski definition) is 0. The molecule has 0 heterocycles. The van der Waals surface area contributed by atoms with E-state index in [1.807, 2.05) is 13.8 Å². The highest BCUT2D eigenvalue weighted by Gasteiger charge is 2.22. The van der Waals surface area contributed by atoms with Crippen LogP contribution in [0.3, 0.4) is 0 Å². The van der Waals surface area contributed by atoms with E-state index in [9.17, 15) is 9.59 Å². The van der Waals surface area contributed by atoms with Crippen LogP contribution in [-0.4, -0.2) is 18.2 Å². The normalized spacial score (nSPS) is 10.9. The molecule has 5 heteroatoms. The third-order valence-corrected chi connectivity index (χ3v) is 4.62. The topological polar surface area (TPSA) is 43.4 Å². The van der Waals surface area contributed by atoms with Crippen molar-refractivity contribution in [2.45, 2.75) is 58.8 Å². The summed E-state index contributed by atoms with van der Waals surface area (Å²) in [6.07, 6.45) is 5.26. The number of rotatable bonds is 12. The molecule has 1 aromatic carbocycles. The number of unbranched alkanes of at least 4 members (excludes halogenated alkanes) is 3. The summed E-state index contributed by atoms with van der Waals surface area (Å²) in [5, 5.41) is 1.03. The van der Waals surface area contributed by atoms with E-state index in [4.69, 9.17) is 27.9 Å². The molecule has 0 saturated carbocycles. The van der Waals surface area contributed by atoms with Crippen LogP contribution in [0.2, 0.25) is 10.0 Å². The van der Waals surface area contributed by atoms with Gasteiger partial charge in [0, 0.05) is 12.8 Å². The van der Waals surface area contributed by atoms with Gasteiger partial charge in [-0.15, -0.1) is 0 Å². The molecule has 0 aromatic heterocycles.